The Balaban J connectivity index is 0.00000128. The van der Waals surface area contributed by atoms with E-state index in [1.165, 1.54) is 0 Å². The van der Waals surface area contributed by atoms with E-state index in [0.29, 0.717) is 6.61 Å². The van der Waals surface area contributed by atoms with E-state index in [1.54, 1.807) is 6.92 Å². The molecule has 1 fully saturated rings. The Morgan fingerprint density at radius 3 is 3.06 bits per heavy atom. The van der Waals surface area contributed by atoms with Gasteiger partial charge in [0.2, 0.25) is 0 Å². The number of carbonyl (C=O) groups is 1. The average molecular weight is 247 g/mol. The standard InChI is InChI=1S/C9H14N4O2.ClH/c1-2-15-9(14)8-11-7(12-13-8)6-4-3-5-10-6;/h6,10H,2-5H2,1H3,(H,11,12,13);1H. The third-order valence-electron chi connectivity index (χ3n) is 2.35. The number of hydrogen-bond acceptors (Lipinski definition) is 5. The Kier molecular flexibility index (Phi) is 4.70. The molecule has 0 bridgehead atoms. The molecule has 0 aliphatic carbocycles. The van der Waals surface area contributed by atoms with Crippen LogP contribution in [-0.4, -0.2) is 34.3 Å². The van der Waals surface area contributed by atoms with E-state index >= 15 is 0 Å². The summed E-state index contributed by atoms with van der Waals surface area (Å²) in [6, 6.07) is 0.195. The number of esters is 1. The summed E-state index contributed by atoms with van der Waals surface area (Å²) >= 11 is 0. The Hall–Kier alpha value is -1.14. The van der Waals surface area contributed by atoms with Crippen molar-refractivity contribution in [2.24, 2.45) is 0 Å². The summed E-state index contributed by atoms with van der Waals surface area (Å²) in [5.41, 5.74) is 0. The number of aromatic nitrogens is 3. The quantitative estimate of drug-likeness (QED) is 0.773. The molecule has 0 radical (unpaired) electrons. The lowest BCUT2D eigenvalue weighted by Crippen LogP contribution is -2.14. The SMILES string of the molecule is CCOC(=O)c1n[nH]c(C2CCCN2)n1.Cl. The molecule has 0 spiro atoms. The molecule has 2 N–H and O–H groups in total. The fraction of sp³-hybridized carbons (Fsp3) is 0.667. The first-order valence-corrected chi connectivity index (χ1v) is 5.14. The molecule has 0 aromatic carbocycles. The van der Waals surface area contributed by atoms with Crippen LogP contribution < -0.4 is 5.32 Å². The number of H-pyrrole nitrogens is 1. The fourth-order valence-electron chi connectivity index (χ4n) is 1.64. The van der Waals surface area contributed by atoms with E-state index in [4.69, 9.17) is 4.74 Å². The molecule has 2 rings (SSSR count). The summed E-state index contributed by atoms with van der Waals surface area (Å²) in [6.45, 7) is 3.08. The maximum atomic E-state index is 11.3. The van der Waals surface area contributed by atoms with E-state index < -0.39 is 5.97 Å². The molecular weight excluding hydrogens is 232 g/mol. The Morgan fingerprint density at radius 2 is 2.44 bits per heavy atom. The topological polar surface area (TPSA) is 79.9 Å². The third-order valence-corrected chi connectivity index (χ3v) is 2.35. The van der Waals surface area contributed by atoms with Crippen LogP contribution >= 0.6 is 12.4 Å². The van der Waals surface area contributed by atoms with Crippen LogP contribution in [0.4, 0.5) is 0 Å². The minimum atomic E-state index is -0.474. The van der Waals surface area contributed by atoms with Gasteiger partial charge in [-0.05, 0) is 26.3 Å². The van der Waals surface area contributed by atoms with Crippen LogP contribution in [-0.2, 0) is 4.74 Å². The zero-order valence-corrected chi connectivity index (χ0v) is 9.84. The van der Waals surface area contributed by atoms with Crippen molar-refractivity contribution < 1.29 is 9.53 Å². The van der Waals surface area contributed by atoms with E-state index in [1.807, 2.05) is 0 Å². The molecule has 1 unspecified atom stereocenters. The molecule has 90 valence electrons. The number of nitrogens with zero attached hydrogens (tertiary/aromatic N) is 2. The van der Waals surface area contributed by atoms with Gasteiger partial charge >= 0.3 is 5.97 Å². The lowest BCUT2D eigenvalue weighted by atomic mass is 10.2. The third kappa shape index (κ3) is 2.70. The number of halogens is 1. The first-order valence-electron chi connectivity index (χ1n) is 5.14. The van der Waals surface area contributed by atoms with Crippen molar-refractivity contribution in [1.29, 1.82) is 0 Å². The highest BCUT2D eigenvalue weighted by Gasteiger charge is 2.22. The smallest absolute Gasteiger partial charge is 0.378 e. The number of rotatable bonds is 3. The van der Waals surface area contributed by atoms with Crippen LogP contribution in [0.5, 0.6) is 0 Å². The van der Waals surface area contributed by atoms with Crippen LogP contribution in [0.2, 0.25) is 0 Å². The zero-order valence-electron chi connectivity index (χ0n) is 9.02. The molecule has 1 aromatic heterocycles. The summed E-state index contributed by atoms with van der Waals surface area (Å²) in [4.78, 5) is 15.4. The van der Waals surface area contributed by atoms with E-state index in [2.05, 4.69) is 20.5 Å². The minimum absolute atomic E-state index is 0. The second-order valence-corrected chi connectivity index (χ2v) is 3.41. The van der Waals surface area contributed by atoms with Gasteiger partial charge in [0.15, 0.2) is 0 Å². The van der Waals surface area contributed by atoms with E-state index in [0.717, 1.165) is 25.2 Å². The number of hydrogen-bond donors (Lipinski definition) is 2. The molecule has 1 atom stereocenters. The molecule has 16 heavy (non-hydrogen) atoms. The van der Waals surface area contributed by atoms with Gasteiger partial charge in [-0.3, -0.25) is 5.10 Å². The predicted octanol–water partition coefficient (Wildman–Crippen LogP) is 0.828. The Labute approximate surface area is 99.6 Å². The molecule has 2 heterocycles. The molecular formula is C9H15ClN4O2. The lowest BCUT2D eigenvalue weighted by molar-refractivity contribution is 0.0512. The molecule has 7 heteroatoms. The van der Waals surface area contributed by atoms with E-state index in [9.17, 15) is 4.79 Å². The Morgan fingerprint density at radius 1 is 1.62 bits per heavy atom. The molecule has 1 aromatic rings. The molecule has 1 aliphatic rings. The van der Waals surface area contributed by atoms with Crippen LogP contribution in [0.1, 0.15) is 42.3 Å². The van der Waals surface area contributed by atoms with Crippen molar-refractivity contribution in [3.63, 3.8) is 0 Å². The van der Waals surface area contributed by atoms with Gasteiger partial charge in [0.1, 0.15) is 5.82 Å². The van der Waals surface area contributed by atoms with Crippen LogP contribution in [0.25, 0.3) is 0 Å². The van der Waals surface area contributed by atoms with Gasteiger partial charge in [0.25, 0.3) is 5.82 Å². The van der Waals surface area contributed by atoms with Gasteiger partial charge in [-0.1, -0.05) is 0 Å². The van der Waals surface area contributed by atoms with Crippen molar-refractivity contribution in [2.45, 2.75) is 25.8 Å². The summed E-state index contributed by atoms with van der Waals surface area (Å²) in [6.07, 6.45) is 2.15. The zero-order chi connectivity index (χ0) is 10.7. The van der Waals surface area contributed by atoms with Crippen molar-refractivity contribution in [3.05, 3.63) is 11.6 Å². The van der Waals surface area contributed by atoms with Gasteiger partial charge < -0.3 is 10.1 Å². The van der Waals surface area contributed by atoms with Gasteiger partial charge in [0.05, 0.1) is 12.6 Å². The average Bonchev–Trinajstić information content (AvgIpc) is 2.89. The predicted molar refractivity (Wildman–Crippen MR) is 59.6 cm³/mol. The highest BCUT2D eigenvalue weighted by atomic mass is 35.5. The van der Waals surface area contributed by atoms with Crippen molar-refractivity contribution in [3.8, 4) is 0 Å². The summed E-state index contributed by atoms with van der Waals surface area (Å²) in [7, 11) is 0. The lowest BCUT2D eigenvalue weighted by Gasteiger charge is -2.03. The second-order valence-electron chi connectivity index (χ2n) is 3.41. The number of carbonyl (C=O) groups excluding carboxylic acids is 1. The van der Waals surface area contributed by atoms with Gasteiger partial charge in [0, 0.05) is 0 Å². The first kappa shape index (κ1) is 12.9. The second kappa shape index (κ2) is 5.81. The van der Waals surface area contributed by atoms with Gasteiger partial charge in [-0.15, -0.1) is 17.5 Å². The first-order chi connectivity index (χ1) is 7.31. The van der Waals surface area contributed by atoms with Crippen LogP contribution in [0.3, 0.4) is 0 Å². The number of aromatic amines is 1. The van der Waals surface area contributed by atoms with Crippen molar-refractivity contribution in [1.82, 2.24) is 20.5 Å². The fourth-order valence-corrected chi connectivity index (χ4v) is 1.64. The summed E-state index contributed by atoms with van der Waals surface area (Å²) in [5, 5.41) is 9.86. The molecule has 0 saturated carbocycles. The molecule has 6 nitrogen and oxygen atoms in total. The number of ether oxygens (including phenoxy) is 1. The highest BCUT2D eigenvalue weighted by molar-refractivity contribution is 5.85. The summed E-state index contributed by atoms with van der Waals surface area (Å²) < 4.78 is 4.80. The molecule has 1 aliphatic heterocycles. The maximum Gasteiger partial charge on any atom is 0.378 e. The van der Waals surface area contributed by atoms with Crippen LogP contribution in [0.15, 0.2) is 0 Å². The number of nitrogens with one attached hydrogen (secondary N) is 2. The minimum Gasteiger partial charge on any atom is -0.460 e. The monoisotopic (exact) mass is 246 g/mol. The molecule has 1 saturated heterocycles. The summed E-state index contributed by atoms with van der Waals surface area (Å²) in [5.74, 6) is 0.356. The normalized spacial score (nSPS) is 19.2. The Bertz CT molecular complexity index is 349. The highest BCUT2D eigenvalue weighted by Crippen LogP contribution is 2.19. The van der Waals surface area contributed by atoms with Crippen molar-refractivity contribution in [2.75, 3.05) is 13.2 Å². The van der Waals surface area contributed by atoms with E-state index in [-0.39, 0.29) is 24.3 Å². The van der Waals surface area contributed by atoms with Gasteiger partial charge in [-0.25, -0.2) is 9.78 Å². The van der Waals surface area contributed by atoms with Crippen molar-refractivity contribution >= 4 is 18.4 Å². The molecule has 0 amide bonds. The maximum absolute atomic E-state index is 11.3. The van der Waals surface area contributed by atoms with Crippen LogP contribution in [0, 0.1) is 0 Å². The largest absolute Gasteiger partial charge is 0.460 e. The van der Waals surface area contributed by atoms with Gasteiger partial charge in [-0.2, -0.15) is 0 Å².